The van der Waals surface area contributed by atoms with Gasteiger partial charge in [0.15, 0.2) is 0 Å². The molecule has 1 saturated heterocycles. The van der Waals surface area contributed by atoms with Crippen LogP contribution in [0.1, 0.15) is 29.6 Å². The van der Waals surface area contributed by atoms with Crippen molar-refractivity contribution in [3.8, 4) is 0 Å². The first kappa shape index (κ1) is 18.6. The maximum Gasteiger partial charge on any atom is 0.253 e. The van der Waals surface area contributed by atoms with Crippen molar-refractivity contribution in [2.24, 2.45) is 5.92 Å². The van der Waals surface area contributed by atoms with Crippen molar-refractivity contribution >= 4 is 41.5 Å². The quantitative estimate of drug-likeness (QED) is 0.893. The number of likely N-dealkylation sites (tertiary alicyclic amines) is 1. The minimum absolute atomic E-state index is 0. The van der Waals surface area contributed by atoms with Gasteiger partial charge in [0, 0.05) is 28.7 Å². The van der Waals surface area contributed by atoms with Crippen LogP contribution in [-0.2, 0) is 0 Å². The molecule has 2 rings (SSSR count). The zero-order valence-electron chi connectivity index (χ0n) is 12.1. The number of benzene rings is 1. The van der Waals surface area contributed by atoms with Gasteiger partial charge in [-0.25, -0.2) is 0 Å². The molecule has 0 aliphatic carbocycles. The molecule has 0 unspecified atom stereocenters. The molecule has 1 heterocycles. The maximum absolute atomic E-state index is 12.4. The minimum Gasteiger partial charge on any atom is -0.339 e. The summed E-state index contributed by atoms with van der Waals surface area (Å²) in [6.07, 6.45) is 3.32. The van der Waals surface area contributed by atoms with Crippen LogP contribution < -0.4 is 5.32 Å². The van der Waals surface area contributed by atoms with Gasteiger partial charge < -0.3 is 10.2 Å². The molecule has 0 bridgehead atoms. The van der Waals surface area contributed by atoms with Gasteiger partial charge >= 0.3 is 0 Å². The lowest BCUT2D eigenvalue weighted by Crippen LogP contribution is -2.39. The van der Waals surface area contributed by atoms with Crippen molar-refractivity contribution in [3.05, 3.63) is 33.8 Å². The minimum atomic E-state index is 0. The number of hydrogen-bond acceptors (Lipinski definition) is 2. The number of nitrogens with zero attached hydrogens (tertiary/aromatic N) is 1. The summed E-state index contributed by atoms with van der Waals surface area (Å²) < 4.78 is 0. The summed E-state index contributed by atoms with van der Waals surface area (Å²) >= 11 is 11.9. The van der Waals surface area contributed by atoms with E-state index in [9.17, 15) is 4.79 Å². The molecular weight excluding hydrogens is 331 g/mol. The van der Waals surface area contributed by atoms with E-state index in [1.165, 1.54) is 6.42 Å². The van der Waals surface area contributed by atoms with Gasteiger partial charge in [0.2, 0.25) is 0 Å². The molecule has 1 aliphatic rings. The predicted octanol–water partition coefficient (Wildman–Crippen LogP) is 3.88. The molecule has 118 valence electrons. The number of carbonyl (C=O) groups is 1. The van der Waals surface area contributed by atoms with Gasteiger partial charge in [-0.05, 0) is 57.0 Å². The highest BCUT2D eigenvalue weighted by Gasteiger charge is 2.23. The van der Waals surface area contributed by atoms with Crippen LogP contribution in [-0.4, -0.2) is 37.5 Å². The molecule has 3 nitrogen and oxygen atoms in total. The fraction of sp³-hybridized carbons (Fsp3) is 0.533. The lowest BCUT2D eigenvalue weighted by atomic mass is 9.93. The summed E-state index contributed by atoms with van der Waals surface area (Å²) in [4.78, 5) is 14.3. The smallest absolute Gasteiger partial charge is 0.253 e. The van der Waals surface area contributed by atoms with E-state index in [-0.39, 0.29) is 18.3 Å². The number of carbonyl (C=O) groups excluding carboxylic acids is 1. The number of piperidine rings is 1. The normalized spacial score (nSPS) is 15.7. The molecule has 1 fully saturated rings. The molecule has 1 aromatic rings. The Morgan fingerprint density at radius 3 is 2.33 bits per heavy atom. The zero-order chi connectivity index (χ0) is 14.5. The molecule has 0 spiro atoms. The SMILES string of the molecule is CNCCC1CCN(C(=O)c2cc(Cl)cc(Cl)c2)CC1.Cl. The van der Waals surface area contributed by atoms with E-state index in [2.05, 4.69) is 5.32 Å². The third-order valence-electron chi connectivity index (χ3n) is 3.81. The van der Waals surface area contributed by atoms with E-state index >= 15 is 0 Å². The van der Waals surface area contributed by atoms with Crippen molar-refractivity contribution in [2.75, 3.05) is 26.7 Å². The van der Waals surface area contributed by atoms with Gasteiger partial charge in [0.1, 0.15) is 0 Å². The Balaban J connectivity index is 0.00000220. The third kappa shape index (κ3) is 5.33. The summed E-state index contributed by atoms with van der Waals surface area (Å²) in [7, 11) is 1.97. The van der Waals surface area contributed by atoms with E-state index < -0.39 is 0 Å². The number of rotatable bonds is 4. The highest BCUT2D eigenvalue weighted by atomic mass is 35.5. The lowest BCUT2D eigenvalue weighted by Gasteiger charge is -2.32. The van der Waals surface area contributed by atoms with Crippen LogP contribution >= 0.6 is 35.6 Å². The van der Waals surface area contributed by atoms with Gasteiger partial charge in [0.05, 0.1) is 0 Å². The van der Waals surface area contributed by atoms with Gasteiger partial charge in [-0.2, -0.15) is 0 Å². The molecule has 1 aromatic carbocycles. The highest BCUT2D eigenvalue weighted by Crippen LogP contribution is 2.24. The number of halogens is 3. The van der Waals surface area contributed by atoms with Crippen LogP contribution in [0.2, 0.25) is 10.0 Å². The van der Waals surface area contributed by atoms with Crippen molar-refractivity contribution in [2.45, 2.75) is 19.3 Å². The Kier molecular flexibility index (Phi) is 7.82. The first-order valence-electron chi connectivity index (χ1n) is 7.00. The average molecular weight is 352 g/mol. The molecule has 0 radical (unpaired) electrons. The van der Waals surface area contributed by atoms with Crippen molar-refractivity contribution in [3.63, 3.8) is 0 Å². The Morgan fingerprint density at radius 1 is 1.24 bits per heavy atom. The zero-order valence-corrected chi connectivity index (χ0v) is 14.4. The van der Waals surface area contributed by atoms with Crippen molar-refractivity contribution < 1.29 is 4.79 Å². The molecule has 0 saturated carbocycles. The predicted molar refractivity (Wildman–Crippen MR) is 90.9 cm³/mol. The largest absolute Gasteiger partial charge is 0.339 e. The molecule has 21 heavy (non-hydrogen) atoms. The number of amides is 1. The fourth-order valence-electron chi connectivity index (χ4n) is 2.63. The van der Waals surface area contributed by atoms with Gasteiger partial charge in [-0.15, -0.1) is 12.4 Å². The van der Waals surface area contributed by atoms with E-state index in [0.717, 1.165) is 38.4 Å². The molecule has 0 aromatic heterocycles. The first-order valence-corrected chi connectivity index (χ1v) is 7.75. The second-order valence-corrected chi connectivity index (χ2v) is 6.16. The van der Waals surface area contributed by atoms with Crippen LogP contribution in [0.3, 0.4) is 0 Å². The fourth-order valence-corrected chi connectivity index (χ4v) is 3.16. The summed E-state index contributed by atoms with van der Waals surface area (Å²) in [6, 6.07) is 5.01. The molecule has 1 N–H and O–H groups in total. The second kappa shape index (κ2) is 8.84. The van der Waals surface area contributed by atoms with Crippen LogP contribution in [0.25, 0.3) is 0 Å². The Hall–Kier alpha value is -0.480. The first-order chi connectivity index (χ1) is 9.60. The van der Waals surface area contributed by atoms with Crippen LogP contribution in [0.5, 0.6) is 0 Å². The second-order valence-electron chi connectivity index (χ2n) is 5.29. The van der Waals surface area contributed by atoms with Crippen molar-refractivity contribution in [1.29, 1.82) is 0 Å². The van der Waals surface area contributed by atoms with E-state index in [1.807, 2.05) is 11.9 Å². The summed E-state index contributed by atoms with van der Waals surface area (Å²) in [5.41, 5.74) is 0.580. The van der Waals surface area contributed by atoms with E-state index in [1.54, 1.807) is 18.2 Å². The highest BCUT2D eigenvalue weighted by molar-refractivity contribution is 6.35. The summed E-state index contributed by atoms with van der Waals surface area (Å²) in [5, 5.41) is 4.19. The van der Waals surface area contributed by atoms with E-state index in [4.69, 9.17) is 23.2 Å². The average Bonchev–Trinajstić information content (AvgIpc) is 2.44. The molecule has 0 atom stereocenters. The number of nitrogens with one attached hydrogen (secondary N) is 1. The molecule has 6 heteroatoms. The molecule has 1 aliphatic heterocycles. The van der Waals surface area contributed by atoms with Crippen molar-refractivity contribution in [1.82, 2.24) is 10.2 Å². The Labute approximate surface area is 142 Å². The lowest BCUT2D eigenvalue weighted by molar-refractivity contribution is 0.0687. The van der Waals surface area contributed by atoms with E-state index in [0.29, 0.717) is 15.6 Å². The Morgan fingerprint density at radius 2 is 1.81 bits per heavy atom. The standard InChI is InChI=1S/C15H20Cl2N2O.ClH/c1-18-5-2-11-3-6-19(7-4-11)15(20)12-8-13(16)10-14(17)9-12;/h8-11,18H,2-7H2,1H3;1H. The summed E-state index contributed by atoms with van der Waals surface area (Å²) in [5.74, 6) is 0.746. The van der Waals surface area contributed by atoms with Gasteiger partial charge in [-0.3, -0.25) is 4.79 Å². The maximum atomic E-state index is 12.4. The topological polar surface area (TPSA) is 32.3 Å². The molecule has 1 amide bonds. The van der Waals surface area contributed by atoms with Gasteiger partial charge in [-0.1, -0.05) is 23.2 Å². The van der Waals surface area contributed by atoms with Crippen LogP contribution in [0, 0.1) is 5.92 Å². The summed E-state index contributed by atoms with van der Waals surface area (Å²) in [6.45, 7) is 2.68. The van der Waals surface area contributed by atoms with Crippen LogP contribution in [0.15, 0.2) is 18.2 Å². The molecular formula is C15H21Cl3N2O. The third-order valence-corrected chi connectivity index (χ3v) is 4.25. The van der Waals surface area contributed by atoms with Crippen LogP contribution in [0.4, 0.5) is 0 Å². The monoisotopic (exact) mass is 350 g/mol. The van der Waals surface area contributed by atoms with Gasteiger partial charge in [0.25, 0.3) is 5.91 Å². The Bertz CT molecular complexity index is 454. The number of hydrogen-bond donors (Lipinski definition) is 1.